The van der Waals surface area contributed by atoms with Crippen LogP contribution in [0.3, 0.4) is 0 Å². The van der Waals surface area contributed by atoms with E-state index in [0.29, 0.717) is 6.61 Å². The van der Waals surface area contributed by atoms with Gasteiger partial charge in [-0.25, -0.2) is 0 Å². The van der Waals surface area contributed by atoms with E-state index < -0.39 is 0 Å². The van der Waals surface area contributed by atoms with Crippen molar-refractivity contribution < 1.29 is 9.47 Å². The van der Waals surface area contributed by atoms with E-state index in [-0.39, 0.29) is 21.7 Å². The number of methoxy groups -OCH3 is 1. The smallest absolute Gasteiger partial charge is 0.119 e. The summed E-state index contributed by atoms with van der Waals surface area (Å²) >= 11 is 0. The van der Waals surface area contributed by atoms with Gasteiger partial charge in [-0.2, -0.15) is 0 Å². The summed E-state index contributed by atoms with van der Waals surface area (Å²) in [6, 6.07) is 26.2. The van der Waals surface area contributed by atoms with Gasteiger partial charge in [0.25, 0.3) is 0 Å². The minimum absolute atomic E-state index is 0.0195. The van der Waals surface area contributed by atoms with Crippen LogP contribution in [-0.2, 0) is 21.7 Å². The molecule has 0 aliphatic carbocycles. The molecule has 0 radical (unpaired) electrons. The van der Waals surface area contributed by atoms with Crippen LogP contribution in [0, 0.1) is 0 Å². The van der Waals surface area contributed by atoms with Gasteiger partial charge < -0.3 is 9.47 Å². The van der Waals surface area contributed by atoms with E-state index in [1.54, 1.807) is 7.11 Å². The van der Waals surface area contributed by atoms with Crippen molar-refractivity contribution in [3.8, 4) is 11.5 Å². The first kappa shape index (κ1) is 27.8. The molecular formula is C34H46O2. The highest BCUT2D eigenvalue weighted by atomic mass is 16.5. The third kappa shape index (κ3) is 5.97. The second-order valence-corrected chi connectivity index (χ2v) is 12.8. The lowest BCUT2D eigenvalue weighted by Crippen LogP contribution is -2.40. The lowest BCUT2D eigenvalue weighted by molar-refractivity contribution is 0.272. The van der Waals surface area contributed by atoms with Crippen LogP contribution in [0.2, 0.25) is 0 Å². The molecule has 0 atom stereocenters. The normalized spacial score (nSPS) is 12.9. The Morgan fingerprint density at radius 3 is 1.61 bits per heavy atom. The van der Waals surface area contributed by atoms with Crippen molar-refractivity contribution in [2.24, 2.45) is 0 Å². The second kappa shape index (κ2) is 10.3. The average molecular weight is 487 g/mol. The summed E-state index contributed by atoms with van der Waals surface area (Å²) in [6.07, 6.45) is 0.937. The summed E-state index contributed by atoms with van der Waals surface area (Å²) in [5.74, 6) is 1.72. The van der Waals surface area contributed by atoms with Gasteiger partial charge in [0.2, 0.25) is 0 Å². The van der Waals surface area contributed by atoms with E-state index in [9.17, 15) is 0 Å². The zero-order valence-corrected chi connectivity index (χ0v) is 24.2. The molecule has 36 heavy (non-hydrogen) atoms. The summed E-state index contributed by atoms with van der Waals surface area (Å²) in [7, 11) is 1.68. The van der Waals surface area contributed by atoms with Crippen LogP contribution in [0.25, 0.3) is 0 Å². The minimum atomic E-state index is -0.0380. The summed E-state index contributed by atoms with van der Waals surface area (Å²) in [5.41, 5.74) is 5.57. The van der Waals surface area contributed by atoms with Crippen LogP contribution in [0.1, 0.15) is 91.0 Å². The molecule has 0 aliphatic heterocycles. The highest BCUT2D eigenvalue weighted by Gasteiger charge is 2.40. The van der Waals surface area contributed by atoms with Gasteiger partial charge in [-0.15, -0.1) is 0 Å². The lowest BCUT2D eigenvalue weighted by Gasteiger charge is -2.43. The first-order chi connectivity index (χ1) is 16.7. The average Bonchev–Trinajstić information content (AvgIpc) is 2.84. The molecule has 0 spiro atoms. The van der Waals surface area contributed by atoms with E-state index in [1.165, 1.54) is 22.3 Å². The Kier molecular flexibility index (Phi) is 7.98. The van der Waals surface area contributed by atoms with E-state index in [2.05, 4.69) is 111 Å². The molecule has 0 N–H and O–H groups in total. The van der Waals surface area contributed by atoms with Gasteiger partial charge in [0.15, 0.2) is 0 Å². The molecule has 2 heteroatoms. The minimum Gasteiger partial charge on any atom is -0.497 e. The Morgan fingerprint density at radius 1 is 0.556 bits per heavy atom. The van der Waals surface area contributed by atoms with Crippen LogP contribution in [0.5, 0.6) is 11.5 Å². The van der Waals surface area contributed by atoms with Crippen molar-refractivity contribution in [1.82, 2.24) is 0 Å². The van der Waals surface area contributed by atoms with E-state index in [1.807, 2.05) is 24.3 Å². The van der Waals surface area contributed by atoms with Gasteiger partial charge in [0.1, 0.15) is 11.5 Å². The fourth-order valence-corrected chi connectivity index (χ4v) is 4.67. The maximum absolute atomic E-state index is 6.01. The predicted molar refractivity (Wildman–Crippen MR) is 154 cm³/mol. The highest BCUT2D eigenvalue weighted by molar-refractivity contribution is 5.41. The van der Waals surface area contributed by atoms with Gasteiger partial charge in [0.05, 0.1) is 13.7 Å². The van der Waals surface area contributed by atoms with Crippen LogP contribution >= 0.6 is 0 Å². The van der Waals surface area contributed by atoms with E-state index >= 15 is 0 Å². The van der Waals surface area contributed by atoms with Crippen molar-refractivity contribution >= 4 is 0 Å². The van der Waals surface area contributed by atoms with Gasteiger partial charge in [0, 0.05) is 0 Å². The van der Waals surface area contributed by atoms with Crippen molar-refractivity contribution in [2.45, 2.75) is 90.4 Å². The molecule has 3 aromatic rings. The number of hydrogen-bond donors (Lipinski definition) is 0. The Morgan fingerprint density at radius 2 is 1.06 bits per heavy atom. The van der Waals surface area contributed by atoms with Gasteiger partial charge in [-0.05, 0) is 74.6 Å². The standard InChI is InChI=1S/C34H46O2/c1-31(2,3)27-12-11-13-28(24-27)34(8,9)33(6,7)26-16-14-25(15-17-26)32(4,5)22-23-36-30-20-18-29(35-10)19-21-30/h11-21,24H,22-23H2,1-10H3. The maximum Gasteiger partial charge on any atom is 0.119 e. The van der Waals surface area contributed by atoms with Crippen molar-refractivity contribution in [1.29, 1.82) is 0 Å². The van der Waals surface area contributed by atoms with Gasteiger partial charge >= 0.3 is 0 Å². The Labute approximate surface area is 220 Å². The molecule has 0 aliphatic rings. The number of rotatable bonds is 9. The molecule has 0 amide bonds. The SMILES string of the molecule is COc1ccc(OCCC(C)(C)c2ccc(C(C)(C)C(C)(C)c3cccc(C(C)(C)C)c3)cc2)cc1. The van der Waals surface area contributed by atoms with E-state index in [4.69, 9.17) is 9.47 Å². The Balaban J connectivity index is 1.74. The molecule has 0 fully saturated rings. The summed E-state index contributed by atoms with van der Waals surface area (Å²) in [6.45, 7) is 21.6. The quantitative estimate of drug-likeness (QED) is 0.300. The molecule has 3 aromatic carbocycles. The molecule has 2 nitrogen and oxygen atoms in total. The summed E-state index contributed by atoms with van der Waals surface area (Å²) < 4.78 is 11.2. The van der Waals surface area contributed by atoms with Crippen molar-refractivity contribution in [2.75, 3.05) is 13.7 Å². The summed E-state index contributed by atoms with van der Waals surface area (Å²) in [5, 5.41) is 0. The fraction of sp³-hybridized carbons (Fsp3) is 0.471. The first-order valence-corrected chi connectivity index (χ1v) is 13.2. The molecule has 194 valence electrons. The molecule has 3 rings (SSSR count). The number of benzene rings is 3. The monoisotopic (exact) mass is 486 g/mol. The topological polar surface area (TPSA) is 18.5 Å². The highest BCUT2D eigenvalue weighted by Crippen LogP contribution is 2.45. The molecular weight excluding hydrogens is 440 g/mol. The van der Waals surface area contributed by atoms with Crippen molar-refractivity contribution in [3.05, 3.63) is 95.1 Å². The van der Waals surface area contributed by atoms with Gasteiger partial charge in [-0.1, -0.05) is 111 Å². The van der Waals surface area contributed by atoms with Crippen molar-refractivity contribution in [3.63, 3.8) is 0 Å². The van der Waals surface area contributed by atoms with Crippen LogP contribution in [0.15, 0.2) is 72.8 Å². The van der Waals surface area contributed by atoms with Crippen LogP contribution in [0.4, 0.5) is 0 Å². The zero-order chi connectivity index (χ0) is 26.8. The summed E-state index contributed by atoms with van der Waals surface area (Å²) in [4.78, 5) is 0. The predicted octanol–water partition coefficient (Wildman–Crippen LogP) is 8.99. The molecule has 0 bridgehead atoms. The molecule has 0 unspecified atom stereocenters. The Hall–Kier alpha value is -2.74. The second-order valence-electron chi connectivity index (χ2n) is 12.8. The number of hydrogen-bond acceptors (Lipinski definition) is 2. The first-order valence-electron chi connectivity index (χ1n) is 13.2. The third-order valence-electron chi connectivity index (χ3n) is 8.46. The molecule has 0 saturated heterocycles. The maximum atomic E-state index is 6.01. The number of ether oxygens (including phenoxy) is 2. The Bertz CT molecular complexity index is 1130. The van der Waals surface area contributed by atoms with Gasteiger partial charge in [-0.3, -0.25) is 0 Å². The molecule has 0 heterocycles. The third-order valence-corrected chi connectivity index (χ3v) is 8.46. The van der Waals surface area contributed by atoms with Crippen LogP contribution < -0.4 is 9.47 Å². The lowest BCUT2D eigenvalue weighted by atomic mass is 9.60. The van der Waals surface area contributed by atoms with Crippen LogP contribution in [-0.4, -0.2) is 13.7 Å². The molecule has 0 saturated carbocycles. The fourth-order valence-electron chi connectivity index (χ4n) is 4.67. The molecule has 0 aromatic heterocycles. The van der Waals surface area contributed by atoms with E-state index in [0.717, 1.165) is 17.9 Å². The largest absolute Gasteiger partial charge is 0.497 e. The zero-order valence-electron chi connectivity index (χ0n) is 24.2.